The predicted molar refractivity (Wildman–Crippen MR) is 81.8 cm³/mol. The van der Waals surface area contributed by atoms with Gasteiger partial charge < -0.3 is 9.72 Å². The van der Waals surface area contributed by atoms with Gasteiger partial charge in [0, 0.05) is 37.6 Å². The molecule has 1 fully saturated rings. The Morgan fingerprint density at radius 3 is 3.10 bits per heavy atom. The van der Waals surface area contributed by atoms with E-state index in [1.807, 2.05) is 12.1 Å². The topological polar surface area (TPSA) is 32.6 Å². The van der Waals surface area contributed by atoms with Crippen molar-refractivity contribution in [2.75, 3.05) is 13.1 Å². The highest BCUT2D eigenvalue weighted by Gasteiger charge is 2.24. The minimum Gasteiger partial charge on any atom is -0.313 e. The van der Waals surface area contributed by atoms with E-state index in [0.29, 0.717) is 12.1 Å². The molecule has 0 aromatic carbocycles. The molecule has 3 heterocycles. The van der Waals surface area contributed by atoms with Crippen LogP contribution in [0.25, 0.3) is 5.65 Å². The molecule has 1 aliphatic rings. The van der Waals surface area contributed by atoms with Gasteiger partial charge in [0.2, 0.25) is 0 Å². The molecule has 0 amide bonds. The van der Waals surface area contributed by atoms with Crippen molar-refractivity contribution in [2.24, 2.45) is 0 Å². The van der Waals surface area contributed by atoms with Crippen molar-refractivity contribution in [1.82, 2.24) is 19.6 Å². The molecule has 0 bridgehead atoms. The van der Waals surface area contributed by atoms with Gasteiger partial charge in [-0.15, -0.1) is 0 Å². The highest BCUT2D eigenvalue weighted by Crippen LogP contribution is 2.19. The first-order valence-electron chi connectivity index (χ1n) is 7.62. The van der Waals surface area contributed by atoms with E-state index in [4.69, 9.17) is 4.98 Å². The van der Waals surface area contributed by atoms with Crippen molar-refractivity contribution in [3.8, 4) is 0 Å². The number of rotatable bonds is 5. The third-order valence-electron chi connectivity index (χ3n) is 4.04. The predicted octanol–water partition coefficient (Wildman–Crippen LogP) is 2.30. The molecule has 108 valence electrons. The number of nitrogens with zero attached hydrogens (tertiary/aromatic N) is 3. The maximum Gasteiger partial charge on any atom is 0.137 e. The van der Waals surface area contributed by atoms with Crippen LogP contribution in [0.2, 0.25) is 0 Å². The number of aromatic nitrogens is 2. The Morgan fingerprint density at radius 1 is 1.40 bits per heavy atom. The monoisotopic (exact) mass is 272 g/mol. The lowest BCUT2D eigenvalue weighted by Crippen LogP contribution is -2.39. The molecular weight excluding hydrogens is 248 g/mol. The lowest BCUT2D eigenvalue weighted by molar-refractivity contribution is 0.234. The van der Waals surface area contributed by atoms with Crippen molar-refractivity contribution in [2.45, 2.75) is 45.3 Å². The summed E-state index contributed by atoms with van der Waals surface area (Å²) in [6.07, 6.45) is 6.82. The Bertz CT molecular complexity index is 527. The Morgan fingerprint density at radius 2 is 2.30 bits per heavy atom. The molecule has 1 atom stereocenters. The number of nitrogens with one attached hydrogen (secondary N) is 1. The second kappa shape index (κ2) is 5.94. The summed E-state index contributed by atoms with van der Waals surface area (Å²) in [4.78, 5) is 7.27. The van der Waals surface area contributed by atoms with E-state index >= 15 is 0 Å². The summed E-state index contributed by atoms with van der Waals surface area (Å²) in [5, 5.41) is 3.56. The van der Waals surface area contributed by atoms with E-state index in [9.17, 15) is 0 Å². The summed E-state index contributed by atoms with van der Waals surface area (Å²) < 4.78 is 2.10. The molecule has 0 saturated carbocycles. The fraction of sp³-hybridized carbons (Fsp3) is 0.562. The Balaban J connectivity index is 1.66. The van der Waals surface area contributed by atoms with Gasteiger partial charge in [-0.2, -0.15) is 0 Å². The molecule has 0 aliphatic carbocycles. The van der Waals surface area contributed by atoms with E-state index in [1.165, 1.54) is 25.1 Å². The van der Waals surface area contributed by atoms with Crippen LogP contribution in [0.1, 0.15) is 32.4 Å². The van der Waals surface area contributed by atoms with E-state index in [0.717, 1.165) is 18.7 Å². The Kier molecular flexibility index (Phi) is 4.03. The van der Waals surface area contributed by atoms with Gasteiger partial charge in [-0.25, -0.2) is 4.98 Å². The van der Waals surface area contributed by atoms with Crippen molar-refractivity contribution in [1.29, 1.82) is 0 Å². The average Bonchev–Trinajstić information content (AvgIpc) is 3.02. The number of likely N-dealkylation sites (tertiary alicyclic amines) is 1. The van der Waals surface area contributed by atoms with Crippen LogP contribution in [0.5, 0.6) is 0 Å². The average molecular weight is 272 g/mol. The van der Waals surface area contributed by atoms with E-state index < -0.39 is 0 Å². The SMILES string of the molecule is CC(C)NCC1CCCN1Cc1cn2ccccc2n1. The maximum absolute atomic E-state index is 4.71. The van der Waals surface area contributed by atoms with Crippen molar-refractivity contribution >= 4 is 5.65 Å². The largest absolute Gasteiger partial charge is 0.313 e. The normalized spacial score (nSPS) is 20.2. The summed E-state index contributed by atoms with van der Waals surface area (Å²) in [5.41, 5.74) is 2.21. The molecule has 1 saturated heterocycles. The lowest BCUT2D eigenvalue weighted by atomic mass is 10.2. The first kappa shape index (κ1) is 13.6. The Labute approximate surface area is 120 Å². The summed E-state index contributed by atoms with van der Waals surface area (Å²) in [7, 11) is 0. The van der Waals surface area contributed by atoms with Crippen LogP contribution >= 0.6 is 0 Å². The molecule has 4 heteroatoms. The van der Waals surface area contributed by atoms with Crippen LogP contribution in [-0.4, -0.2) is 39.5 Å². The highest BCUT2D eigenvalue weighted by atomic mass is 15.2. The standard InChI is InChI=1S/C16H24N4/c1-13(2)17-10-15-6-5-9-19(15)11-14-12-20-8-4-3-7-16(20)18-14/h3-4,7-8,12-13,15,17H,5-6,9-11H2,1-2H3. The van der Waals surface area contributed by atoms with E-state index in [2.05, 4.69) is 46.9 Å². The van der Waals surface area contributed by atoms with Crippen LogP contribution in [-0.2, 0) is 6.54 Å². The van der Waals surface area contributed by atoms with Crippen molar-refractivity contribution < 1.29 is 0 Å². The van der Waals surface area contributed by atoms with Gasteiger partial charge in [-0.1, -0.05) is 19.9 Å². The van der Waals surface area contributed by atoms with Crippen LogP contribution in [0.4, 0.5) is 0 Å². The number of imidazole rings is 1. The molecule has 2 aromatic rings. The zero-order valence-electron chi connectivity index (χ0n) is 12.4. The van der Waals surface area contributed by atoms with Gasteiger partial charge >= 0.3 is 0 Å². The summed E-state index contributed by atoms with van der Waals surface area (Å²) >= 11 is 0. The second-order valence-electron chi connectivity index (χ2n) is 6.03. The third-order valence-corrected chi connectivity index (χ3v) is 4.04. The minimum atomic E-state index is 0.563. The quantitative estimate of drug-likeness (QED) is 0.906. The van der Waals surface area contributed by atoms with Gasteiger partial charge in [0.25, 0.3) is 0 Å². The molecule has 2 aromatic heterocycles. The van der Waals surface area contributed by atoms with Gasteiger partial charge in [-0.3, -0.25) is 4.90 Å². The van der Waals surface area contributed by atoms with Crippen LogP contribution in [0, 0.1) is 0 Å². The highest BCUT2D eigenvalue weighted by molar-refractivity contribution is 5.39. The van der Waals surface area contributed by atoms with E-state index in [1.54, 1.807) is 0 Å². The number of pyridine rings is 1. The number of fused-ring (bicyclic) bond motifs is 1. The van der Waals surface area contributed by atoms with Crippen LogP contribution in [0.15, 0.2) is 30.6 Å². The van der Waals surface area contributed by atoms with Gasteiger partial charge in [0.15, 0.2) is 0 Å². The van der Waals surface area contributed by atoms with Crippen molar-refractivity contribution in [3.63, 3.8) is 0 Å². The summed E-state index contributed by atoms with van der Waals surface area (Å²) in [6.45, 7) is 7.66. The van der Waals surface area contributed by atoms with Gasteiger partial charge in [0.1, 0.15) is 5.65 Å². The van der Waals surface area contributed by atoms with Crippen LogP contribution in [0.3, 0.4) is 0 Å². The van der Waals surface area contributed by atoms with Gasteiger partial charge in [-0.05, 0) is 31.5 Å². The molecule has 3 rings (SSSR count). The zero-order valence-corrected chi connectivity index (χ0v) is 12.4. The molecule has 0 spiro atoms. The molecule has 20 heavy (non-hydrogen) atoms. The molecule has 1 N–H and O–H groups in total. The molecule has 0 radical (unpaired) electrons. The molecule has 4 nitrogen and oxygen atoms in total. The third kappa shape index (κ3) is 3.02. The van der Waals surface area contributed by atoms with Gasteiger partial charge in [0.05, 0.1) is 5.69 Å². The second-order valence-corrected chi connectivity index (χ2v) is 6.03. The first-order valence-corrected chi connectivity index (χ1v) is 7.62. The first-order chi connectivity index (χ1) is 9.72. The fourth-order valence-corrected chi connectivity index (χ4v) is 2.98. The maximum atomic E-state index is 4.71. The van der Waals surface area contributed by atoms with Crippen LogP contribution < -0.4 is 5.32 Å². The summed E-state index contributed by atoms with van der Waals surface area (Å²) in [5.74, 6) is 0. The lowest BCUT2D eigenvalue weighted by Gasteiger charge is -2.24. The Hall–Kier alpha value is -1.39. The number of hydrogen-bond donors (Lipinski definition) is 1. The molecule has 1 unspecified atom stereocenters. The smallest absolute Gasteiger partial charge is 0.137 e. The summed E-state index contributed by atoms with van der Waals surface area (Å²) in [6, 6.07) is 7.36. The van der Waals surface area contributed by atoms with Crippen molar-refractivity contribution in [3.05, 3.63) is 36.3 Å². The minimum absolute atomic E-state index is 0.563. The molecular formula is C16H24N4. The number of hydrogen-bond acceptors (Lipinski definition) is 3. The molecule has 1 aliphatic heterocycles. The fourth-order valence-electron chi connectivity index (χ4n) is 2.98. The zero-order chi connectivity index (χ0) is 13.9. The van der Waals surface area contributed by atoms with E-state index in [-0.39, 0.29) is 0 Å².